The van der Waals surface area contributed by atoms with Crippen LogP contribution < -0.4 is 10.5 Å². The Kier molecular flexibility index (Phi) is 6.59. The van der Waals surface area contributed by atoms with Crippen LogP contribution in [0.5, 0.6) is 0 Å². The van der Waals surface area contributed by atoms with Crippen molar-refractivity contribution in [3.8, 4) is 0 Å². The minimum Gasteiger partial charge on any atom is -0.449 e. The average Bonchev–Trinajstić information content (AvgIpc) is 2.53. The minimum atomic E-state index is -4.18. The van der Waals surface area contributed by atoms with Gasteiger partial charge in [0.15, 0.2) is 6.10 Å². The Bertz CT molecular complexity index is 1010. The number of sulfonamides is 1. The quantitative estimate of drug-likeness (QED) is 0.652. The average molecular weight is 452 g/mol. The van der Waals surface area contributed by atoms with Crippen LogP contribution in [-0.4, -0.2) is 26.4 Å². The highest BCUT2D eigenvalue weighted by Crippen LogP contribution is 2.31. The number of ether oxygens (including phenoxy) is 1. The van der Waals surface area contributed by atoms with Crippen molar-refractivity contribution in [1.82, 2.24) is 0 Å². The van der Waals surface area contributed by atoms with Gasteiger partial charge in [0.2, 0.25) is 0 Å². The summed E-state index contributed by atoms with van der Waals surface area (Å²) in [7, 11) is -4.18. The Morgan fingerprint density at radius 1 is 1.11 bits per heavy atom. The third kappa shape index (κ3) is 5.26. The summed E-state index contributed by atoms with van der Waals surface area (Å²) < 4.78 is 32.4. The highest BCUT2D eigenvalue weighted by atomic mass is 35.5. The SMILES string of the molecule is CC(OC(=O)c1cc(S(=O)(=O)Nc2cccc(Cl)c2)c(Cl)cc1Cl)C(N)=O. The van der Waals surface area contributed by atoms with Gasteiger partial charge in [-0.2, -0.15) is 0 Å². The molecule has 7 nitrogen and oxygen atoms in total. The lowest BCUT2D eigenvalue weighted by molar-refractivity contribution is -0.125. The molecule has 1 atom stereocenters. The van der Waals surface area contributed by atoms with Crippen LogP contribution in [0.4, 0.5) is 5.69 Å². The topological polar surface area (TPSA) is 116 Å². The van der Waals surface area contributed by atoms with Crippen molar-refractivity contribution in [2.45, 2.75) is 17.9 Å². The molecule has 0 aliphatic heterocycles. The van der Waals surface area contributed by atoms with Crippen molar-refractivity contribution in [2.75, 3.05) is 4.72 Å². The van der Waals surface area contributed by atoms with Crippen LogP contribution in [0.1, 0.15) is 17.3 Å². The molecule has 0 spiro atoms. The van der Waals surface area contributed by atoms with E-state index in [0.29, 0.717) is 5.02 Å². The van der Waals surface area contributed by atoms with Crippen molar-refractivity contribution in [3.63, 3.8) is 0 Å². The molecule has 0 fully saturated rings. The maximum absolute atomic E-state index is 12.6. The fourth-order valence-electron chi connectivity index (χ4n) is 1.94. The van der Waals surface area contributed by atoms with E-state index in [1.54, 1.807) is 12.1 Å². The largest absolute Gasteiger partial charge is 0.449 e. The van der Waals surface area contributed by atoms with Gasteiger partial charge in [-0.3, -0.25) is 9.52 Å². The number of benzene rings is 2. The van der Waals surface area contributed by atoms with Crippen LogP contribution in [0.2, 0.25) is 15.1 Å². The molecule has 0 aliphatic carbocycles. The van der Waals surface area contributed by atoms with Crippen LogP contribution >= 0.6 is 34.8 Å². The summed E-state index contributed by atoms with van der Waals surface area (Å²) in [6.45, 7) is 1.27. The zero-order valence-electron chi connectivity index (χ0n) is 13.7. The molecule has 1 unspecified atom stereocenters. The molecule has 27 heavy (non-hydrogen) atoms. The van der Waals surface area contributed by atoms with Gasteiger partial charge in [0.05, 0.1) is 21.3 Å². The van der Waals surface area contributed by atoms with Crippen molar-refractivity contribution in [3.05, 3.63) is 57.0 Å². The van der Waals surface area contributed by atoms with Gasteiger partial charge in [0, 0.05) is 5.02 Å². The first-order valence-corrected chi connectivity index (χ1v) is 9.90. The first-order chi connectivity index (χ1) is 12.5. The van der Waals surface area contributed by atoms with E-state index in [4.69, 9.17) is 45.3 Å². The van der Waals surface area contributed by atoms with Crippen LogP contribution in [0.25, 0.3) is 0 Å². The molecule has 0 saturated heterocycles. The van der Waals surface area contributed by atoms with Gasteiger partial charge in [0.25, 0.3) is 15.9 Å². The zero-order valence-corrected chi connectivity index (χ0v) is 16.8. The summed E-state index contributed by atoms with van der Waals surface area (Å²) in [5, 5.41) is -0.0421. The fraction of sp³-hybridized carbons (Fsp3) is 0.125. The van der Waals surface area contributed by atoms with E-state index in [0.717, 1.165) is 12.1 Å². The van der Waals surface area contributed by atoms with Gasteiger partial charge in [-0.1, -0.05) is 40.9 Å². The molecule has 0 saturated carbocycles. The lowest BCUT2D eigenvalue weighted by atomic mass is 10.2. The molecule has 2 aromatic rings. The second-order valence-electron chi connectivity index (χ2n) is 5.33. The van der Waals surface area contributed by atoms with Crippen LogP contribution in [0.15, 0.2) is 41.3 Å². The summed E-state index contributed by atoms with van der Waals surface area (Å²) >= 11 is 17.8. The monoisotopic (exact) mass is 450 g/mol. The number of primary amides is 1. The number of esters is 1. The Labute approximate surface area is 170 Å². The zero-order chi connectivity index (χ0) is 20.4. The van der Waals surface area contributed by atoms with E-state index in [1.165, 1.54) is 19.1 Å². The Hall–Kier alpha value is -2.00. The van der Waals surface area contributed by atoms with Gasteiger partial charge in [-0.05, 0) is 37.3 Å². The second kappa shape index (κ2) is 8.35. The number of rotatable bonds is 6. The van der Waals surface area contributed by atoms with Crippen molar-refractivity contribution >= 4 is 62.4 Å². The lowest BCUT2D eigenvalue weighted by Crippen LogP contribution is -2.30. The highest BCUT2D eigenvalue weighted by Gasteiger charge is 2.25. The van der Waals surface area contributed by atoms with Crippen LogP contribution in [-0.2, 0) is 19.6 Å². The lowest BCUT2D eigenvalue weighted by Gasteiger charge is -2.14. The van der Waals surface area contributed by atoms with Crippen LogP contribution in [0.3, 0.4) is 0 Å². The molecule has 2 rings (SSSR count). The number of nitrogens with one attached hydrogen (secondary N) is 1. The summed E-state index contributed by atoms with van der Waals surface area (Å²) in [6.07, 6.45) is -1.23. The molecule has 3 N–H and O–H groups in total. The van der Waals surface area contributed by atoms with E-state index < -0.39 is 32.9 Å². The van der Waals surface area contributed by atoms with E-state index >= 15 is 0 Å². The molecular weight excluding hydrogens is 439 g/mol. The number of carbonyl (C=O) groups is 2. The number of carbonyl (C=O) groups excluding carboxylic acids is 2. The van der Waals surface area contributed by atoms with Gasteiger partial charge in [-0.25, -0.2) is 13.2 Å². The maximum Gasteiger partial charge on any atom is 0.340 e. The molecule has 2 aromatic carbocycles. The molecule has 0 aliphatic rings. The maximum atomic E-state index is 12.6. The third-order valence-corrected chi connectivity index (χ3v) is 5.69. The van der Waals surface area contributed by atoms with Crippen molar-refractivity contribution in [2.24, 2.45) is 5.73 Å². The Morgan fingerprint density at radius 3 is 2.37 bits per heavy atom. The first-order valence-electron chi connectivity index (χ1n) is 7.29. The summed E-state index contributed by atoms with van der Waals surface area (Å²) in [5.74, 6) is -1.90. The summed E-state index contributed by atoms with van der Waals surface area (Å²) in [6, 6.07) is 8.04. The van der Waals surface area contributed by atoms with Gasteiger partial charge in [0.1, 0.15) is 4.90 Å². The number of amides is 1. The van der Waals surface area contributed by atoms with Crippen molar-refractivity contribution in [1.29, 1.82) is 0 Å². The van der Waals surface area contributed by atoms with Gasteiger partial charge >= 0.3 is 5.97 Å². The first kappa shape index (κ1) is 21.3. The van der Waals surface area contributed by atoms with E-state index in [-0.39, 0.29) is 21.3 Å². The molecule has 0 aromatic heterocycles. The van der Waals surface area contributed by atoms with E-state index in [9.17, 15) is 18.0 Å². The minimum absolute atomic E-state index is 0.150. The van der Waals surface area contributed by atoms with E-state index in [1.807, 2.05) is 0 Å². The smallest absolute Gasteiger partial charge is 0.340 e. The van der Waals surface area contributed by atoms with Gasteiger partial charge < -0.3 is 10.5 Å². The molecule has 1 amide bonds. The van der Waals surface area contributed by atoms with Gasteiger partial charge in [-0.15, -0.1) is 0 Å². The second-order valence-corrected chi connectivity index (χ2v) is 8.23. The molecule has 144 valence electrons. The normalized spacial score (nSPS) is 12.3. The van der Waals surface area contributed by atoms with Crippen LogP contribution in [0, 0.1) is 0 Å². The molecule has 0 radical (unpaired) electrons. The van der Waals surface area contributed by atoms with Crippen molar-refractivity contribution < 1.29 is 22.7 Å². The molecule has 0 bridgehead atoms. The summed E-state index contributed by atoms with van der Waals surface area (Å²) in [4.78, 5) is 22.8. The number of hydrogen-bond acceptors (Lipinski definition) is 5. The molecular formula is C16H13Cl3N2O5S. The van der Waals surface area contributed by atoms with E-state index in [2.05, 4.69) is 4.72 Å². The predicted molar refractivity (Wildman–Crippen MR) is 103 cm³/mol. The molecule has 0 heterocycles. The highest BCUT2D eigenvalue weighted by molar-refractivity contribution is 7.92. The number of nitrogens with two attached hydrogens (primary N) is 1. The fourth-order valence-corrected chi connectivity index (χ4v) is 4.03. The number of hydrogen-bond donors (Lipinski definition) is 2. The number of anilines is 1. The standard InChI is InChI=1S/C16H13Cl3N2O5S/c1-8(15(20)22)26-16(23)11-6-14(13(19)7-12(11)18)27(24,25)21-10-4-2-3-9(17)5-10/h2-8,21H,1H3,(H2,20,22). The molecule has 11 heteroatoms. The summed E-state index contributed by atoms with van der Waals surface area (Å²) in [5.41, 5.74) is 4.94. The predicted octanol–water partition coefficient (Wildman–Crippen LogP) is 3.48. The Balaban J connectivity index is 2.42. The number of halogens is 3. The Morgan fingerprint density at radius 2 is 1.78 bits per heavy atom. The third-order valence-electron chi connectivity index (χ3n) is 3.29.